The average Bonchev–Trinajstić information content (AvgIpc) is 3.61. The standard InChI is InChI=1S/C62H46O6.5F2.FH/c63-51-27-19-43(20-28-51)47-23-31-57(65)53(35-47)61(45-15-11-41(12-16-45)39-7-3-1-4-8-39)55-37-49(25-33-59(55)67)50-26-34-60(68)56(38-50)62(46-17-13-42(14-18-46)40-9-5-2-6-10-40)54-36-48(24-32-58(54)66)44-21-29-52(64)30-22-44;5*1-2;/h1-38,61-68H;;;;;;1H. The number of phenolic OH excluding ortho intramolecular Hbond substituents is 6. The minimum Gasteiger partial charge on any atom is -0.508 e. The van der Waals surface area contributed by atoms with Gasteiger partial charge in [0.2, 0.25) is 0 Å². The van der Waals surface area contributed by atoms with Crippen LogP contribution in [0.15, 0.2) is 231 Å². The molecular formula is C62H47F11O6. The van der Waals surface area contributed by atoms with E-state index in [2.05, 4.69) is 24.3 Å². The molecule has 2 unspecified atom stereocenters. The molecule has 0 aliphatic heterocycles. The molecule has 0 spiro atoms. The number of hydrogen-bond acceptors (Lipinski definition) is 6. The van der Waals surface area contributed by atoms with Gasteiger partial charge in [0, 0.05) is 79.8 Å². The van der Waals surface area contributed by atoms with Crippen LogP contribution in [0.5, 0.6) is 34.5 Å². The van der Waals surface area contributed by atoms with Crippen molar-refractivity contribution in [1.82, 2.24) is 0 Å². The molecule has 6 nitrogen and oxygen atoms in total. The van der Waals surface area contributed by atoms with Gasteiger partial charge in [0.15, 0.2) is 0 Å². The fourth-order valence-electron chi connectivity index (χ4n) is 9.22. The van der Waals surface area contributed by atoms with Gasteiger partial charge in [0.25, 0.3) is 0 Å². The zero-order chi connectivity index (χ0) is 56.7. The van der Waals surface area contributed by atoms with Crippen LogP contribution in [0.3, 0.4) is 0 Å². The summed E-state index contributed by atoms with van der Waals surface area (Å²) < 4.78 is 80.0. The monoisotopic (exact) mass is 1100 g/mol. The van der Waals surface area contributed by atoms with Crippen LogP contribution in [0, 0.1) is 0 Å². The first-order valence-electron chi connectivity index (χ1n) is 23.1. The third-order valence-corrected chi connectivity index (χ3v) is 12.8. The van der Waals surface area contributed by atoms with Crippen molar-refractivity contribution >= 4 is 0 Å². The Balaban J connectivity index is 0.00000116. The second-order valence-corrected chi connectivity index (χ2v) is 17.0. The predicted octanol–water partition coefficient (Wildman–Crippen LogP) is 19.0. The van der Waals surface area contributed by atoms with E-state index in [9.17, 15) is 30.6 Å². The van der Waals surface area contributed by atoms with E-state index in [1.807, 2.05) is 158 Å². The van der Waals surface area contributed by atoms with Crippen LogP contribution in [-0.2, 0) is 0 Å². The summed E-state index contributed by atoms with van der Waals surface area (Å²) in [5, 5.41) is 67.2. The molecule has 10 aromatic rings. The van der Waals surface area contributed by atoms with Crippen molar-refractivity contribution in [3.63, 3.8) is 0 Å². The molecule has 17 heteroatoms. The Morgan fingerprint density at radius 3 is 0.658 bits per heavy atom. The molecular weight excluding hydrogens is 1050 g/mol. The Hall–Kier alpha value is -9.77. The van der Waals surface area contributed by atoms with E-state index in [0.29, 0.717) is 22.3 Å². The van der Waals surface area contributed by atoms with Crippen molar-refractivity contribution in [3.05, 3.63) is 264 Å². The highest BCUT2D eigenvalue weighted by atomic mass is 20.0. The van der Waals surface area contributed by atoms with Gasteiger partial charge in [0.05, 0.1) is 0 Å². The first-order chi connectivity index (χ1) is 38.2. The summed E-state index contributed by atoms with van der Waals surface area (Å²) in [6, 6.07) is 72.0. The van der Waals surface area contributed by atoms with E-state index < -0.39 is 11.8 Å². The van der Waals surface area contributed by atoms with Gasteiger partial charge in [-0.25, -0.2) is 0 Å². The lowest BCUT2D eigenvalue weighted by Crippen LogP contribution is -2.06. The molecule has 0 aliphatic carbocycles. The van der Waals surface area contributed by atoms with E-state index in [1.54, 1.807) is 48.5 Å². The highest BCUT2D eigenvalue weighted by Crippen LogP contribution is 2.47. The van der Waals surface area contributed by atoms with Crippen LogP contribution in [0.25, 0.3) is 55.6 Å². The van der Waals surface area contributed by atoms with Crippen LogP contribution in [-0.4, -0.2) is 30.6 Å². The number of phenols is 6. The first kappa shape index (κ1) is 61.8. The lowest BCUT2D eigenvalue weighted by atomic mass is 9.80. The van der Waals surface area contributed by atoms with Crippen molar-refractivity contribution in [2.45, 2.75) is 11.8 Å². The quantitative estimate of drug-likeness (QED) is 0.0567. The maximum absolute atomic E-state index is 11.9. The molecule has 408 valence electrons. The number of rotatable bonds is 11. The highest BCUT2D eigenvalue weighted by molar-refractivity contribution is 5.75. The minimum atomic E-state index is -0.635. The molecule has 0 aliphatic rings. The van der Waals surface area contributed by atoms with Crippen molar-refractivity contribution in [2.75, 3.05) is 0 Å². The SMILES string of the molecule is F.FF.FF.FF.FF.FF.Oc1ccc(-c2ccc(O)c(C(c3ccc(-c4ccccc4)cc3)c3cc(-c4ccc(O)c(C(c5ccc(-c6ccccc6)cc5)c5cc(-c6ccc(O)cc6)ccc5O)c4)ccc3O)c2)cc1. The van der Waals surface area contributed by atoms with E-state index in [-0.39, 0.29) is 39.2 Å². The molecule has 0 bridgehead atoms. The van der Waals surface area contributed by atoms with Crippen molar-refractivity contribution in [1.29, 1.82) is 0 Å². The van der Waals surface area contributed by atoms with Gasteiger partial charge in [0.1, 0.15) is 34.5 Å². The third-order valence-electron chi connectivity index (χ3n) is 12.8. The predicted molar refractivity (Wildman–Crippen MR) is 285 cm³/mol. The normalized spacial score (nSPS) is 10.8. The summed E-state index contributed by atoms with van der Waals surface area (Å²) in [4.78, 5) is 0. The lowest BCUT2D eigenvalue weighted by molar-refractivity contribution is 0.108. The second-order valence-electron chi connectivity index (χ2n) is 17.0. The van der Waals surface area contributed by atoms with Gasteiger partial charge in [-0.1, -0.05) is 158 Å². The van der Waals surface area contributed by atoms with E-state index in [0.717, 1.165) is 66.8 Å². The fourth-order valence-corrected chi connectivity index (χ4v) is 9.22. The molecule has 0 saturated carbocycles. The highest BCUT2D eigenvalue weighted by Gasteiger charge is 2.27. The molecule has 0 radical (unpaired) electrons. The maximum Gasteiger partial charge on any atom is 0.119 e. The van der Waals surface area contributed by atoms with Crippen molar-refractivity contribution < 1.29 is 81.1 Å². The Morgan fingerprint density at radius 1 is 0.215 bits per heavy atom. The van der Waals surface area contributed by atoms with Gasteiger partial charge < -0.3 is 30.6 Å². The van der Waals surface area contributed by atoms with E-state index in [4.69, 9.17) is 45.7 Å². The zero-order valence-corrected chi connectivity index (χ0v) is 41.0. The summed E-state index contributed by atoms with van der Waals surface area (Å²) in [6.07, 6.45) is 0. The van der Waals surface area contributed by atoms with Crippen LogP contribution in [0.4, 0.5) is 50.4 Å². The Bertz CT molecular complexity index is 3180. The average molecular weight is 1100 g/mol. The summed E-state index contributed by atoms with van der Waals surface area (Å²) in [7, 11) is 0. The molecule has 79 heavy (non-hydrogen) atoms. The molecule has 10 aromatic carbocycles. The van der Waals surface area contributed by atoms with Crippen molar-refractivity contribution in [2.24, 2.45) is 0 Å². The largest absolute Gasteiger partial charge is 0.508 e. The summed E-state index contributed by atoms with van der Waals surface area (Å²) in [6.45, 7) is 0. The number of halogens is 11. The Labute approximate surface area is 445 Å². The molecule has 6 N–H and O–H groups in total. The molecule has 10 rings (SSSR count). The fraction of sp³-hybridized carbons (Fsp3) is 0.0323. The molecule has 0 saturated heterocycles. The molecule has 0 heterocycles. The molecule has 2 atom stereocenters. The smallest absolute Gasteiger partial charge is 0.119 e. The van der Waals surface area contributed by atoms with E-state index in [1.165, 1.54) is 0 Å². The van der Waals surface area contributed by atoms with E-state index >= 15 is 0 Å². The maximum atomic E-state index is 11.9. The van der Waals surface area contributed by atoms with Crippen molar-refractivity contribution in [3.8, 4) is 90.1 Å². The number of aromatic hydroxyl groups is 6. The topological polar surface area (TPSA) is 121 Å². The van der Waals surface area contributed by atoms with Crippen LogP contribution in [0.1, 0.15) is 45.2 Å². The molecule has 0 aromatic heterocycles. The summed E-state index contributed by atoms with van der Waals surface area (Å²) in [5.74, 6) is -0.801. The third kappa shape index (κ3) is 14.8. The van der Waals surface area contributed by atoms with Gasteiger partial charge in [-0.3, -0.25) is 4.70 Å². The molecule has 0 fully saturated rings. The zero-order valence-electron chi connectivity index (χ0n) is 41.0. The number of benzene rings is 10. The van der Waals surface area contributed by atoms with Crippen LogP contribution in [0.2, 0.25) is 0 Å². The number of hydrogen-bond donors (Lipinski definition) is 6. The first-order valence-corrected chi connectivity index (χ1v) is 23.1. The van der Waals surface area contributed by atoms with Gasteiger partial charge in [-0.2, -0.15) is 0 Å². The van der Waals surface area contributed by atoms with Gasteiger partial charge in [-0.15, -0.1) is 0 Å². The Kier molecular flexibility index (Phi) is 24.0. The summed E-state index contributed by atoms with van der Waals surface area (Å²) in [5.41, 5.74) is 12.9. The van der Waals surface area contributed by atoms with Gasteiger partial charge >= 0.3 is 0 Å². The van der Waals surface area contributed by atoms with Crippen LogP contribution < -0.4 is 0 Å². The Morgan fingerprint density at radius 2 is 0.405 bits per heavy atom. The van der Waals surface area contributed by atoms with Gasteiger partial charge in [-0.05, 0) is 140 Å². The second kappa shape index (κ2) is 30.7. The lowest BCUT2D eigenvalue weighted by Gasteiger charge is -2.24. The van der Waals surface area contributed by atoms with Crippen LogP contribution >= 0.6 is 0 Å². The summed E-state index contributed by atoms with van der Waals surface area (Å²) >= 11 is 0. The molecule has 0 amide bonds. The minimum absolute atomic E-state index is 0.